The molecule has 2 rings (SSSR count). The lowest BCUT2D eigenvalue weighted by molar-refractivity contribution is -0.181. The summed E-state index contributed by atoms with van der Waals surface area (Å²) in [5.74, 6) is -0.346. The van der Waals surface area contributed by atoms with Gasteiger partial charge < -0.3 is 10.6 Å². The number of amides is 2. The minimum absolute atomic E-state index is 0.00345. The predicted octanol–water partition coefficient (Wildman–Crippen LogP) is 6.12. The molecule has 0 aliphatic rings. The third-order valence-corrected chi connectivity index (χ3v) is 6.70. The highest BCUT2D eigenvalue weighted by molar-refractivity contribution is 7.98. The quantitative estimate of drug-likeness (QED) is 0.198. The molecule has 2 aromatic rings. The number of hydrogen-bond acceptors (Lipinski definition) is 6. The fraction of sp³-hybridized carbons (Fsp3) is 0.462. The average molecular weight is 592 g/mol. The zero-order valence-corrected chi connectivity index (χ0v) is 23.6. The molecule has 2 N–H and O–H groups in total. The largest absolute Gasteiger partial charge is 0.430 e. The van der Waals surface area contributed by atoms with E-state index >= 15 is 0 Å². The van der Waals surface area contributed by atoms with Crippen molar-refractivity contribution in [2.45, 2.75) is 65.6 Å². The number of alkyl halides is 6. The molecule has 1 aromatic carbocycles. The van der Waals surface area contributed by atoms with Crippen LogP contribution >= 0.6 is 11.8 Å². The van der Waals surface area contributed by atoms with Gasteiger partial charge in [-0.2, -0.15) is 43.2 Å². The Kier molecular flexibility index (Phi) is 11.0. The first-order chi connectivity index (χ1) is 18.4. The van der Waals surface area contributed by atoms with E-state index in [1.54, 1.807) is 30.8 Å². The summed E-state index contributed by atoms with van der Waals surface area (Å²) in [6, 6.07) is 5.01. The van der Waals surface area contributed by atoms with Gasteiger partial charge in [-0.15, -0.1) is 0 Å². The molecule has 40 heavy (non-hydrogen) atoms. The zero-order valence-electron chi connectivity index (χ0n) is 22.8. The molecule has 220 valence electrons. The van der Waals surface area contributed by atoms with Crippen molar-refractivity contribution in [1.29, 1.82) is 0 Å². The highest BCUT2D eigenvalue weighted by atomic mass is 32.2. The maximum Gasteiger partial charge on any atom is 0.430 e. The molecule has 0 aliphatic carbocycles. The van der Waals surface area contributed by atoms with E-state index in [0.29, 0.717) is 25.2 Å². The Bertz CT molecular complexity index is 1250. The van der Waals surface area contributed by atoms with Gasteiger partial charge in [0.05, 0.1) is 34.7 Å². The molecular formula is C26H31F6N5O2S. The number of rotatable bonds is 10. The van der Waals surface area contributed by atoms with Gasteiger partial charge in [0.2, 0.25) is 0 Å². The van der Waals surface area contributed by atoms with E-state index in [2.05, 4.69) is 20.7 Å². The van der Waals surface area contributed by atoms with Crippen molar-refractivity contribution >= 4 is 35.0 Å². The number of carbonyl (C=O) groups excluding carboxylic acids is 2. The summed E-state index contributed by atoms with van der Waals surface area (Å²) in [7, 11) is 0. The van der Waals surface area contributed by atoms with Crippen LogP contribution in [0.5, 0.6) is 0 Å². The molecule has 1 heterocycles. The van der Waals surface area contributed by atoms with Crippen molar-refractivity contribution in [1.82, 2.24) is 15.3 Å². The number of benzene rings is 1. The second-order valence-corrected chi connectivity index (χ2v) is 10.1. The van der Waals surface area contributed by atoms with Gasteiger partial charge in [0.1, 0.15) is 11.8 Å². The van der Waals surface area contributed by atoms with Crippen molar-refractivity contribution in [3.8, 4) is 0 Å². The van der Waals surface area contributed by atoms with Crippen molar-refractivity contribution < 1.29 is 35.9 Å². The van der Waals surface area contributed by atoms with E-state index in [4.69, 9.17) is 0 Å². The lowest BCUT2D eigenvalue weighted by atomic mass is 10.00. The molecule has 2 amide bonds. The lowest BCUT2D eigenvalue weighted by Gasteiger charge is -2.29. The summed E-state index contributed by atoms with van der Waals surface area (Å²) >= 11 is 1.56. The Morgan fingerprint density at radius 1 is 1.05 bits per heavy atom. The number of carbonyl (C=O) groups is 2. The minimum atomic E-state index is -4.90. The molecule has 0 saturated carbocycles. The summed E-state index contributed by atoms with van der Waals surface area (Å²) in [5.41, 5.74) is -0.129. The fourth-order valence-electron chi connectivity index (χ4n) is 3.61. The standard InChI is InChI=1S/C26H31F6N5O2S/c1-14-8-7-9-20(22(14)24(39)33-15(2)13-40-6)23(38)35-21-11-10-19(34-16(21)3)12-37(18(5)26(30,31)32)36-17(4)25(27,28)29/h7-11,15,18H,12-13H2,1-6H3,(H,33,39)(H,35,38)/b36-17+/t15-,18?/m0/s1. The van der Waals surface area contributed by atoms with Gasteiger partial charge in [0, 0.05) is 11.8 Å². The molecular weight excluding hydrogens is 560 g/mol. The number of anilines is 1. The number of nitrogens with zero attached hydrogens (tertiary/aromatic N) is 3. The first kappa shape index (κ1) is 32.9. The monoisotopic (exact) mass is 591 g/mol. The topological polar surface area (TPSA) is 86.7 Å². The third kappa shape index (κ3) is 8.86. The van der Waals surface area contributed by atoms with Crippen molar-refractivity contribution in [3.63, 3.8) is 0 Å². The molecule has 0 bridgehead atoms. The Morgan fingerprint density at radius 3 is 2.25 bits per heavy atom. The Hall–Kier alpha value is -3.29. The van der Waals surface area contributed by atoms with Crippen LogP contribution in [0.3, 0.4) is 0 Å². The summed E-state index contributed by atoms with van der Waals surface area (Å²) in [6.45, 7) is 5.63. The minimum Gasteiger partial charge on any atom is -0.349 e. The molecule has 0 saturated heterocycles. The van der Waals surface area contributed by atoms with Gasteiger partial charge in [0.15, 0.2) is 0 Å². The summed E-state index contributed by atoms with van der Waals surface area (Å²) in [4.78, 5) is 30.3. The molecule has 7 nitrogen and oxygen atoms in total. The second-order valence-electron chi connectivity index (χ2n) is 9.22. The molecule has 14 heteroatoms. The van der Waals surface area contributed by atoms with Crippen LogP contribution in [0.15, 0.2) is 35.4 Å². The average Bonchev–Trinajstić information content (AvgIpc) is 2.83. The van der Waals surface area contributed by atoms with Gasteiger partial charge in [-0.1, -0.05) is 12.1 Å². The van der Waals surface area contributed by atoms with Crippen molar-refractivity contribution in [3.05, 3.63) is 58.4 Å². The number of halogens is 6. The highest BCUT2D eigenvalue weighted by Crippen LogP contribution is 2.28. The number of hydrazone groups is 1. The van der Waals surface area contributed by atoms with E-state index < -0.39 is 42.5 Å². The van der Waals surface area contributed by atoms with Crippen molar-refractivity contribution in [2.75, 3.05) is 17.3 Å². The predicted molar refractivity (Wildman–Crippen MR) is 144 cm³/mol. The number of hydrogen-bond donors (Lipinski definition) is 2. The zero-order chi connectivity index (χ0) is 30.4. The normalized spacial score (nSPS) is 13.9. The molecule has 0 fully saturated rings. The van der Waals surface area contributed by atoms with Gasteiger partial charge >= 0.3 is 12.4 Å². The Labute approximate surface area is 232 Å². The first-order valence-electron chi connectivity index (χ1n) is 12.1. The van der Waals surface area contributed by atoms with Crippen LogP contribution in [0.25, 0.3) is 0 Å². The maximum atomic E-state index is 13.3. The number of aromatic nitrogens is 1. The lowest BCUT2D eigenvalue weighted by Crippen LogP contribution is -2.41. The van der Waals surface area contributed by atoms with E-state index in [0.717, 1.165) is 0 Å². The van der Waals surface area contributed by atoms with Crippen LogP contribution in [0.1, 0.15) is 58.4 Å². The highest BCUT2D eigenvalue weighted by Gasteiger charge is 2.42. The first-order valence-corrected chi connectivity index (χ1v) is 13.5. The van der Waals surface area contributed by atoms with Crippen LogP contribution in [0, 0.1) is 13.8 Å². The SMILES string of the molecule is CSC[C@H](C)NC(=O)c1c(C)cccc1C(=O)Nc1ccc(CN(/N=C(\C)C(F)(F)F)C(C)C(F)(F)F)nc1C. The van der Waals surface area contributed by atoms with Gasteiger partial charge in [0.25, 0.3) is 11.8 Å². The number of aryl methyl sites for hydroxylation is 2. The van der Waals surface area contributed by atoms with E-state index in [-0.39, 0.29) is 39.3 Å². The second kappa shape index (κ2) is 13.4. The Balaban J connectivity index is 2.32. The number of thioether (sulfide) groups is 1. The summed E-state index contributed by atoms with van der Waals surface area (Å²) in [6.07, 6.45) is -7.84. The third-order valence-electron chi connectivity index (χ3n) is 5.86. The van der Waals surface area contributed by atoms with Crippen molar-refractivity contribution in [2.24, 2.45) is 5.10 Å². The van der Waals surface area contributed by atoms with Crippen LogP contribution in [0.2, 0.25) is 0 Å². The maximum absolute atomic E-state index is 13.3. The molecule has 1 aromatic heterocycles. The van der Waals surface area contributed by atoms with E-state index in [1.165, 1.54) is 25.1 Å². The number of nitrogens with one attached hydrogen (secondary N) is 2. The molecule has 0 spiro atoms. The van der Waals surface area contributed by atoms with E-state index in [9.17, 15) is 35.9 Å². The molecule has 1 unspecified atom stereocenters. The summed E-state index contributed by atoms with van der Waals surface area (Å²) < 4.78 is 78.9. The van der Waals surface area contributed by atoms with Crippen LogP contribution in [-0.4, -0.2) is 64.0 Å². The van der Waals surface area contributed by atoms with Gasteiger partial charge in [-0.3, -0.25) is 19.6 Å². The van der Waals surface area contributed by atoms with E-state index in [1.807, 2.05) is 13.2 Å². The Morgan fingerprint density at radius 2 is 1.70 bits per heavy atom. The van der Waals surface area contributed by atoms with Gasteiger partial charge in [-0.25, -0.2) is 0 Å². The van der Waals surface area contributed by atoms with Crippen LogP contribution < -0.4 is 10.6 Å². The number of pyridine rings is 1. The molecule has 0 radical (unpaired) electrons. The summed E-state index contributed by atoms with van der Waals surface area (Å²) in [5, 5.41) is 8.96. The smallest absolute Gasteiger partial charge is 0.349 e. The van der Waals surface area contributed by atoms with Gasteiger partial charge in [-0.05, 0) is 64.6 Å². The van der Waals surface area contributed by atoms with Crippen LogP contribution in [-0.2, 0) is 6.54 Å². The fourth-order valence-corrected chi connectivity index (χ4v) is 4.20. The van der Waals surface area contributed by atoms with Crippen LogP contribution in [0.4, 0.5) is 32.0 Å². The molecule has 2 atom stereocenters. The molecule has 0 aliphatic heterocycles.